The van der Waals surface area contributed by atoms with E-state index in [1.54, 1.807) is 12.3 Å². The Morgan fingerprint density at radius 2 is 1.80 bits per heavy atom. The first-order valence-electron chi connectivity index (χ1n) is 9.82. The van der Waals surface area contributed by atoms with Gasteiger partial charge in [-0.2, -0.15) is 18.4 Å². The van der Waals surface area contributed by atoms with E-state index in [1.165, 1.54) is 6.07 Å². The van der Waals surface area contributed by atoms with Crippen molar-refractivity contribution in [3.05, 3.63) is 65.9 Å². The summed E-state index contributed by atoms with van der Waals surface area (Å²) in [6.07, 6.45) is 0.154. The molecule has 1 saturated carbocycles. The lowest BCUT2D eigenvalue weighted by molar-refractivity contribution is -0.137. The first-order chi connectivity index (χ1) is 14.4. The van der Waals surface area contributed by atoms with Crippen LogP contribution >= 0.6 is 0 Å². The molecular weight excluding hydrogens is 391 g/mol. The zero-order valence-electron chi connectivity index (χ0n) is 16.1. The average Bonchev–Trinajstić information content (AvgIpc) is 2.75. The van der Waals surface area contributed by atoms with Gasteiger partial charge in [-0.15, -0.1) is 0 Å². The van der Waals surface area contributed by atoms with Gasteiger partial charge in [-0.05, 0) is 55.3 Å². The van der Waals surface area contributed by atoms with Crippen molar-refractivity contribution in [1.82, 2.24) is 4.98 Å². The van der Waals surface area contributed by atoms with Crippen LogP contribution in [-0.2, 0) is 6.18 Å². The second kappa shape index (κ2) is 8.23. The molecule has 0 spiro atoms. The number of nitriles is 1. The van der Waals surface area contributed by atoms with Gasteiger partial charge in [0.2, 0.25) is 0 Å². The number of aromatic nitrogens is 1. The highest BCUT2D eigenvalue weighted by Gasteiger charge is 2.34. The molecule has 30 heavy (non-hydrogen) atoms. The first kappa shape index (κ1) is 20.0. The van der Waals surface area contributed by atoms with Crippen molar-refractivity contribution in [2.45, 2.75) is 44.0 Å². The second-order valence-electron chi connectivity index (χ2n) is 7.43. The number of nitrogens with zero attached hydrogens (tertiary/aromatic N) is 2. The minimum Gasteiger partial charge on any atom is -0.490 e. The first-order valence-corrected chi connectivity index (χ1v) is 9.82. The summed E-state index contributed by atoms with van der Waals surface area (Å²) in [5, 5.41) is 14.6. The molecule has 0 saturated heterocycles. The number of anilines is 1. The average molecular weight is 411 g/mol. The van der Waals surface area contributed by atoms with Crippen molar-refractivity contribution in [3.63, 3.8) is 0 Å². The molecule has 154 valence electrons. The summed E-state index contributed by atoms with van der Waals surface area (Å²) in [5.41, 5.74) is -1.36. The molecule has 1 aliphatic rings. The summed E-state index contributed by atoms with van der Waals surface area (Å²) < 4.78 is 45.2. The number of hydrogen-bond acceptors (Lipinski definition) is 4. The van der Waals surface area contributed by atoms with E-state index < -0.39 is 17.3 Å². The Hall–Kier alpha value is -3.27. The highest BCUT2D eigenvalue weighted by atomic mass is 19.4. The van der Waals surface area contributed by atoms with Crippen molar-refractivity contribution in [2.24, 2.45) is 0 Å². The van der Waals surface area contributed by atoms with E-state index in [1.807, 2.05) is 30.3 Å². The number of benzene rings is 2. The van der Waals surface area contributed by atoms with Crippen LogP contribution in [0.4, 0.5) is 19.0 Å². The fraction of sp³-hybridized carbons (Fsp3) is 0.304. The molecule has 1 aliphatic carbocycles. The Morgan fingerprint density at radius 3 is 2.53 bits per heavy atom. The molecule has 1 heterocycles. The molecule has 1 N–H and O–H groups in total. The van der Waals surface area contributed by atoms with Gasteiger partial charge in [-0.3, -0.25) is 0 Å². The van der Waals surface area contributed by atoms with Crippen LogP contribution in [0.15, 0.2) is 54.7 Å². The predicted molar refractivity (Wildman–Crippen MR) is 108 cm³/mol. The van der Waals surface area contributed by atoms with Crippen molar-refractivity contribution in [2.75, 3.05) is 5.32 Å². The predicted octanol–water partition coefficient (Wildman–Crippen LogP) is 5.93. The third-order valence-electron chi connectivity index (χ3n) is 5.41. The van der Waals surface area contributed by atoms with Gasteiger partial charge in [0.05, 0.1) is 23.3 Å². The molecule has 0 atom stereocenters. The van der Waals surface area contributed by atoms with Gasteiger partial charge in [-0.25, -0.2) is 4.98 Å². The summed E-state index contributed by atoms with van der Waals surface area (Å²) >= 11 is 0. The maximum atomic E-state index is 13.1. The smallest absolute Gasteiger partial charge is 0.417 e. The van der Waals surface area contributed by atoms with Gasteiger partial charge < -0.3 is 10.1 Å². The maximum Gasteiger partial charge on any atom is 0.417 e. The number of nitrogens with one attached hydrogen (secondary N) is 1. The third-order valence-corrected chi connectivity index (χ3v) is 5.41. The third kappa shape index (κ3) is 4.33. The lowest BCUT2D eigenvalue weighted by atomic mass is 9.92. The fourth-order valence-electron chi connectivity index (χ4n) is 3.87. The molecule has 1 aromatic heterocycles. The SMILES string of the molecule is N#Cc1ccc(O[C@H]2CC[C@H](Nc3nccc4ccccc34)CC2)cc1C(F)(F)F. The highest BCUT2D eigenvalue weighted by Crippen LogP contribution is 2.35. The summed E-state index contributed by atoms with van der Waals surface area (Å²) in [6.45, 7) is 0. The Labute approximate surface area is 172 Å². The van der Waals surface area contributed by atoms with Crippen LogP contribution in [0.3, 0.4) is 0 Å². The normalized spacial score (nSPS) is 19.3. The largest absolute Gasteiger partial charge is 0.490 e. The molecule has 0 amide bonds. The quantitative estimate of drug-likeness (QED) is 0.578. The summed E-state index contributed by atoms with van der Waals surface area (Å²) in [4.78, 5) is 4.46. The minimum atomic E-state index is -4.59. The molecule has 4 nitrogen and oxygen atoms in total. The van der Waals surface area contributed by atoms with Crippen molar-refractivity contribution in [1.29, 1.82) is 5.26 Å². The Kier molecular flexibility index (Phi) is 5.49. The van der Waals surface area contributed by atoms with Gasteiger partial charge in [0.25, 0.3) is 0 Å². The van der Waals surface area contributed by atoms with Gasteiger partial charge >= 0.3 is 6.18 Å². The van der Waals surface area contributed by atoms with E-state index in [9.17, 15) is 13.2 Å². The second-order valence-corrected chi connectivity index (χ2v) is 7.43. The molecule has 0 bridgehead atoms. The molecule has 4 rings (SSSR count). The van der Waals surface area contributed by atoms with Crippen LogP contribution in [-0.4, -0.2) is 17.1 Å². The van der Waals surface area contributed by atoms with Gasteiger partial charge in [0.1, 0.15) is 11.6 Å². The van der Waals surface area contributed by atoms with E-state index in [0.29, 0.717) is 0 Å². The van der Waals surface area contributed by atoms with Crippen molar-refractivity contribution >= 4 is 16.6 Å². The van der Waals surface area contributed by atoms with Gasteiger partial charge in [0.15, 0.2) is 0 Å². The van der Waals surface area contributed by atoms with Crippen molar-refractivity contribution < 1.29 is 17.9 Å². The summed E-state index contributed by atoms with van der Waals surface area (Å²) in [5.74, 6) is 0.993. The highest BCUT2D eigenvalue weighted by molar-refractivity contribution is 5.91. The van der Waals surface area contributed by atoms with Crippen LogP contribution in [0, 0.1) is 11.3 Å². The van der Waals surface area contributed by atoms with Crippen molar-refractivity contribution in [3.8, 4) is 11.8 Å². The number of ether oxygens (including phenoxy) is 1. The van der Waals surface area contributed by atoms with Gasteiger partial charge in [0, 0.05) is 17.6 Å². The van der Waals surface area contributed by atoms with Crippen LogP contribution < -0.4 is 10.1 Å². The lowest BCUT2D eigenvalue weighted by Crippen LogP contribution is -2.31. The maximum absolute atomic E-state index is 13.1. The van der Waals surface area contributed by atoms with Gasteiger partial charge in [-0.1, -0.05) is 24.3 Å². The molecule has 7 heteroatoms. The zero-order chi connectivity index (χ0) is 21.1. The minimum absolute atomic E-state index is 0.147. The fourth-order valence-corrected chi connectivity index (χ4v) is 3.87. The Balaban J connectivity index is 1.39. The number of hydrogen-bond donors (Lipinski definition) is 1. The van der Waals surface area contributed by atoms with Crippen LogP contribution in [0.1, 0.15) is 36.8 Å². The molecule has 0 unspecified atom stereocenters. The molecule has 0 radical (unpaired) electrons. The van der Waals surface area contributed by atoms with E-state index in [-0.39, 0.29) is 17.9 Å². The zero-order valence-corrected chi connectivity index (χ0v) is 16.1. The van der Waals surface area contributed by atoms with Crippen LogP contribution in [0.5, 0.6) is 5.75 Å². The number of fused-ring (bicyclic) bond motifs is 1. The van der Waals surface area contributed by atoms with Crippen LogP contribution in [0.2, 0.25) is 0 Å². The molecular formula is C23H20F3N3O. The molecule has 1 fully saturated rings. The lowest BCUT2D eigenvalue weighted by Gasteiger charge is -2.30. The van der Waals surface area contributed by atoms with Crippen LogP contribution in [0.25, 0.3) is 10.8 Å². The number of pyridine rings is 1. The van der Waals surface area contributed by atoms with E-state index in [0.717, 1.165) is 54.4 Å². The molecule has 0 aliphatic heterocycles. The van der Waals surface area contributed by atoms with E-state index in [2.05, 4.69) is 10.3 Å². The summed E-state index contributed by atoms with van der Waals surface area (Å²) in [7, 11) is 0. The number of alkyl halides is 3. The topological polar surface area (TPSA) is 57.9 Å². The molecule has 3 aromatic rings. The monoisotopic (exact) mass is 411 g/mol. The number of halogens is 3. The molecule has 2 aromatic carbocycles. The Morgan fingerprint density at radius 1 is 1.03 bits per heavy atom. The summed E-state index contributed by atoms with van der Waals surface area (Å²) in [6, 6.07) is 15.3. The van der Waals surface area contributed by atoms with E-state index in [4.69, 9.17) is 10.00 Å². The standard InChI is InChI=1S/C23H20F3N3O/c24-23(25,26)21-13-19(8-5-16(21)14-27)30-18-9-6-17(7-10-18)29-22-20-4-2-1-3-15(20)11-12-28-22/h1-5,8,11-13,17-18H,6-7,9-10H2,(H,28,29)/t17-,18-. The van der Waals surface area contributed by atoms with E-state index >= 15 is 0 Å². The Bertz CT molecular complexity index is 1080. The number of rotatable bonds is 4.